The molecule has 1 aromatic heterocycles. The van der Waals surface area contributed by atoms with Crippen LogP contribution in [0, 0.1) is 6.92 Å². The summed E-state index contributed by atoms with van der Waals surface area (Å²) in [5, 5.41) is 0.160. The number of halogens is 1. The third-order valence-corrected chi connectivity index (χ3v) is 3.65. The number of ether oxygens (including phenoxy) is 2. The van der Waals surface area contributed by atoms with Crippen LogP contribution in [-0.4, -0.2) is 45.8 Å². The van der Waals surface area contributed by atoms with E-state index in [9.17, 15) is 4.79 Å². The average Bonchev–Trinajstić information content (AvgIpc) is 2.42. The summed E-state index contributed by atoms with van der Waals surface area (Å²) in [5.74, 6) is 0.428. The van der Waals surface area contributed by atoms with E-state index in [0.717, 1.165) is 25.0 Å². The highest BCUT2D eigenvalue weighted by molar-refractivity contribution is 6.28. The lowest BCUT2D eigenvalue weighted by atomic mass is 10.0. The first kappa shape index (κ1) is 17.8. The molecule has 23 heavy (non-hydrogen) atoms. The van der Waals surface area contributed by atoms with Crippen molar-refractivity contribution < 1.29 is 14.3 Å². The first-order valence-electron chi connectivity index (χ1n) is 7.88. The predicted molar refractivity (Wildman–Crippen MR) is 87.9 cm³/mol. The number of piperidine rings is 1. The number of nitrogens with zero attached hydrogens (tertiary/aromatic N) is 3. The molecule has 1 fully saturated rings. The van der Waals surface area contributed by atoms with Crippen LogP contribution in [-0.2, 0) is 4.74 Å². The Morgan fingerprint density at radius 3 is 2.78 bits per heavy atom. The first-order chi connectivity index (χ1) is 10.7. The summed E-state index contributed by atoms with van der Waals surface area (Å²) in [5.41, 5.74) is 0.240. The molecule has 1 atom stereocenters. The molecule has 128 valence electrons. The number of hydrogen-bond donors (Lipinski definition) is 0. The Bertz CT molecular complexity index is 540. The monoisotopic (exact) mass is 341 g/mol. The fourth-order valence-electron chi connectivity index (χ4n) is 2.49. The standard InChI is InChI=1S/C16H24ClN3O3/c1-11-9-13(19-14(17)18-11)22-10-12-7-5-6-8-20(12)15(21)23-16(2,3)4/h9,12H,5-8,10H2,1-4H3/t12-/m0/s1. The number of carbonyl (C=O) groups is 1. The zero-order valence-electron chi connectivity index (χ0n) is 14.1. The maximum Gasteiger partial charge on any atom is 0.410 e. The molecule has 0 N–H and O–H groups in total. The van der Waals surface area contributed by atoms with Gasteiger partial charge in [-0.2, -0.15) is 4.98 Å². The molecule has 1 saturated heterocycles. The molecule has 0 aliphatic carbocycles. The van der Waals surface area contributed by atoms with Crippen LogP contribution in [0.15, 0.2) is 6.07 Å². The van der Waals surface area contributed by atoms with Gasteiger partial charge in [-0.15, -0.1) is 0 Å². The molecule has 7 heteroatoms. The second kappa shape index (κ2) is 7.34. The molecule has 1 aromatic rings. The maximum atomic E-state index is 12.3. The van der Waals surface area contributed by atoms with Gasteiger partial charge in [0.2, 0.25) is 11.2 Å². The summed E-state index contributed by atoms with van der Waals surface area (Å²) < 4.78 is 11.2. The second-order valence-electron chi connectivity index (χ2n) is 6.75. The first-order valence-corrected chi connectivity index (χ1v) is 8.26. The van der Waals surface area contributed by atoms with Crippen LogP contribution >= 0.6 is 11.6 Å². The van der Waals surface area contributed by atoms with Gasteiger partial charge in [-0.3, -0.25) is 0 Å². The molecule has 0 spiro atoms. The molecule has 1 aliphatic heterocycles. The van der Waals surface area contributed by atoms with Gasteiger partial charge >= 0.3 is 6.09 Å². The normalized spacial score (nSPS) is 18.7. The van der Waals surface area contributed by atoms with Gasteiger partial charge in [0.25, 0.3) is 0 Å². The third kappa shape index (κ3) is 5.53. The number of amides is 1. The molecule has 2 rings (SSSR count). The van der Waals surface area contributed by atoms with Crippen molar-refractivity contribution in [1.82, 2.24) is 14.9 Å². The van der Waals surface area contributed by atoms with Gasteiger partial charge in [0, 0.05) is 18.3 Å². The van der Waals surface area contributed by atoms with Crippen molar-refractivity contribution in [2.24, 2.45) is 0 Å². The van der Waals surface area contributed by atoms with Gasteiger partial charge in [0.15, 0.2) is 0 Å². The SMILES string of the molecule is Cc1cc(OC[C@@H]2CCCCN2C(=O)OC(C)(C)C)nc(Cl)n1. The van der Waals surface area contributed by atoms with Crippen LogP contribution in [0.1, 0.15) is 45.7 Å². The highest BCUT2D eigenvalue weighted by atomic mass is 35.5. The smallest absolute Gasteiger partial charge is 0.410 e. The third-order valence-electron chi connectivity index (χ3n) is 3.48. The van der Waals surface area contributed by atoms with Crippen molar-refractivity contribution in [2.75, 3.05) is 13.2 Å². The Morgan fingerprint density at radius 1 is 1.39 bits per heavy atom. The minimum Gasteiger partial charge on any atom is -0.475 e. The van der Waals surface area contributed by atoms with Crippen molar-refractivity contribution >= 4 is 17.7 Å². The average molecular weight is 342 g/mol. The van der Waals surface area contributed by atoms with Crippen molar-refractivity contribution in [3.05, 3.63) is 17.0 Å². The quantitative estimate of drug-likeness (QED) is 0.786. The zero-order valence-corrected chi connectivity index (χ0v) is 14.9. The summed E-state index contributed by atoms with van der Waals surface area (Å²) in [6.45, 7) is 8.48. The summed E-state index contributed by atoms with van der Waals surface area (Å²) in [6.07, 6.45) is 2.64. The summed E-state index contributed by atoms with van der Waals surface area (Å²) in [4.78, 5) is 22.1. The molecular formula is C16H24ClN3O3. The topological polar surface area (TPSA) is 64.5 Å². The van der Waals surface area contributed by atoms with E-state index in [1.54, 1.807) is 11.0 Å². The molecule has 6 nitrogen and oxygen atoms in total. The molecule has 1 amide bonds. The molecule has 0 radical (unpaired) electrons. The van der Waals surface area contributed by atoms with Crippen molar-refractivity contribution in [1.29, 1.82) is 0 Å². The zero-order chi connectivity index (χ0) is 17.0. The number of hydrogen-bond acceptors (Lipinski definition) is 5. The van der Waals surface area contributed by atoms with Crippen molar-refractivity contribution in [3.8, 4) is 5.88 Å². The van der Waals surface area contributed by atoms with Gasteiger partial charge in [0.05, 0.1) is 6.04 Å². The molecule has 0 unspecified atom stereocenters. The lowest BCUT2D eigenvalue weighted by molar-refractivity contribution is 0.00333. The van der Waals surface area contributed by atoms with E-state index in [-0.39, 0.29) is 17.4 Å². The molecule has 1 aliphatic rings. The molecule has 0 bridgehead atoms. The lowest BCUT2D eigenvalue weighted by Gasteiger charge is -2.36. The lowest BCUT2D eigenvalue weighted by Crippen LogP contribution is -2.48. The Kier molecular flexibility index (Phi) is 5.68. The molecular weight excluding hydrogens is 318 g/mol. The highest BCUT2D eigenvalue weighted by Crippen LogP contribution is 2.21. The van der Waals surface area contributed by atoms with Gasteiger partial charge in [-0.1, -0.05) is 0 Å². The fraction of sp³-hybridized carbons (Fsp3) is 0.688. The van der Waals surface area contributed by atoms with Gasteiger partial charge in [-0.05, 0) is 58.6 Å². The van der Waals surface area contributed by atoms with Crippen molar-refractivity contribution in [3.63, 3.8) is 0 Å². The summed E-state index contributed by atoms with van der Waals surface area (Å²) in [7, 11) is 0. The van der Waals surface area contributed by atoms with Crippen molar-refractivity contribution in [2.45, 2.75) is 58.6 Å². The van der Waals surface area contributed by atoms with Gasteiger partial charge in [-0.25, -0.2) is 9.78 Å². The van der Waals surface area contributed by atoms with E-state index in [1.165, 1.54) is 0 Å². The van der Waals surface area contributed by atoms with Crippen LogP contribution in [0.25, 0.3) is 0 Å². The highest BCUT2D eigenvalue weighted by Gasteiger charge is 2.31. The van der Waals surface area contributed by atoms with Crippen LogP contribution < -0.4 is 4.74 Å². The van der Waals surface area contributed by atoms with E-state index in [4.69, 9.17) is 21.1 Å². The number of likely N-dealkylation sites (tertiary alicyclic amines) is 1. The van der Waals surface area contributed by atoms with Crippen LogP contribution in [0.4, 0.5) is 4.79 Å². The van der Waals surface area contributed by atoms with E-state index in [0.29, 0.717) is 19.0 Å². The van der Waals surface area contributed by atoms with Crippen LogP contribution in [0.3, 0.4) is 0 Å². The van der Waals surface area contributed by atoms with Crippen LogP contribution in [0.5, 0.6) is 5.88 Å². The largest absolute Gasteiger partial charge is 0.475 e. The second-order valence-corrected chi connectivity index (χ2v) is 7.09. The van der Waals surface area contributed by atoms with E-state index in [2.05, 4.69) is 9.97 Å². The van der Waals surface area contributed by atoms with E-state index < -0.39 is 5.60 Å². The van der Waals surface area contributed by atoms with Crippen LogP contribution in [0.2, 0.25) is 5.28 Å². The Balaban J connectivity index is 1.99. The summed E-state index contributed by atoms with van der Waals surface area (Å²) in [6, 6.07) is 1.71. The molecule has 0 saturated carbocycles. The number of rotatable bonds is 3. The number of aryl methyl sites for hydroxylation is 1. The minimum atomic E-state index is -0.503. The fourth-order valence-corrected chi connectivity index (χ4v) is 2.71. The molecule has 0 aromatic carbocycles. The van der Waals surface area contributed by atoms with Gasteiger partial charge < -0.3 is 14.4 Å². The molecule has 2 heterocycles. The Labute approximate surface area is 142 Å². The Hall–Kier alpha value is -1.56. The predicted octanol–water partition coefficient (Wildman–Crippen LogP) is 3.61. The minimum absolute atomic E-state index is 0.0207. The van der Waals surface area contributed by atoms with Gasteiger partial charge in [0.1, 0.15) is 12.2 Å². The van der Waals surface area contributed by atoms with E-state index >= 15 is 0 Å². The Morgan fingerprint density at radius 2 is 2.13 bits per heavy atom. The summed E-state index contributed by atoms with van der Waals surface area (Å²) >= 11 is 5.84. The number of carbonyl (C=O) groups excluding carboxylic acids is 1. The number of aromatic nitrogens is 2. The maximum absolute atomic E-state index is 12.3. The van der Waals surface area contributed by atoms with E-state index in [1.807, 2.05) is 27.7 Å².